The minimum atomic E-state index is -4.58. The molecule has 0 saturated carbocycles. The molecule has 0 saturated heterocycles. The van der Waals surface area contributed by atoms with Crippen molar-refractivity contribution in [3.63, 3.8) is 0 Å². The molecule has 1 heterocycles. The van der Waals surface area contributed by atoms with Crippen molar-refractivity contribution in [3.8, 4) is 0 Å². The smallest absolute Gasteiger partial charge is 0.359 e. The Kier molecular flexibility index (Phi) is 4.35. The van der Waals surface area contributed by atoms with E-state index in [-0.39, 0.29) is 10.7 Å². The van der Waals surface area contributed by atoms with E-state index in [1.165, 1.54) is 19.2 Å². The summed E-state index contributed by atoms with van der Waals surface area (Å²) in [6.07, 6.45) is -3.55. The molecule has 1 unspecified atom stereocenters. The Balaban J connectivity index is 3.10. The molecule has 0 fully saturated rings. The van der Waals surface area contributed by atoms with Gasteiger partial charge in [-0.2, -0.15) is 13.2 Å². The Morgan fingerprint density at radius 3 is 2.41 bits per heavy atom. The lowest BCUT2D eigenvalue weighted by molar-refractivity contribution is -0.296. The van der Waals surface area contributed by atoms with Crippen LogP contribution in [0.4, 0.5) is 13.2 Å². The van der Waals surface area contributed by atoms with Gasteiger partial charge in [0.1, 0.15) is 11.9 Å². The third kappa shape index (κ3) is 3.08. The van der Waals surface area contributed by atoms with Crippen molar-refractivity contribution in [3.05, 3.63) is 29.0 Å². The van der Waals surface area contributed by atoms with Crippen LogP contribution in [-0.2, 0) is 15.1 Å². The van der Waals surface area contributed by atoms with Crippen LogP contribution >= 0.6 is 11.6 Å². The molecule has 17 heavy (non-hydrogen) atoms. The SMILES string of the molecule is COCOC(C)(c1ccc(Cl)nc1)C(F)(F)F. The zero-order valence-electron chi connectivity index (χ0n) is 9.21. The highest BCUT2D eigenvalue weighted by molar-refractivity contribution is 6.29. The second-order valence-corrected chi connectivity index (χ2v) is 3.84. The number of ether oxygens (including phenoxy) is 2. The van der Waals surface area contributed by atoms with Crippen LogP contribution in [-0.4, -0.2) is 25.1 Å². The number of alkyl halides is 3. The quantitative estimate of drug-likeness (QED) is 0.622. The Hall–Kier alpha value is -0.850. The van der Waals surface area contributed by atoms with Crippen LogP contribution in [0.5, 0.6) is 0 Å². The summed E-state index contributed by atoms with van der Waals surface area (Å²) < 4.78 is 48.2. The molecule has 1 aromatic heterocycles. The van der Waals surface area contributed by atoms with Gasteiger partial charge in [0.15, 0.2) is 5.60 Å². The standard InChI is InChI=1S/C10H11ClF3NO2/c1-9(10(12,13)14,17-6-16-2)7-3-4-8(11)15-5-7/h3-5H,6H2,1-2H3. The number of halogens is 4. The summed E-state index contributed by atoms with van der Waals surface area (Å²) in [6.45, 7) is 0.440. The zero-order valence-corrected chi connectivity index (χ0v) is 9.97. The molecule has 0 aromatic carbocycles. The molecule has 1 aromatic rings. The maximum absolute atomic E-state index is 13.0. The molecule has 0 N–H and O–H groups in total. The topological polar surface area (TPSA) is 31.4 Å². The van der Waals surface area contributed by atoms with Crippen LogP contribution < -0.4 is 0 Å². The van der Waals surface area contributed by atoms with Gasteiger partial charge < -0.3 is 9.47 Å². The van der Waals surface area contributed by atoms with Gasteiger partial charge in [0.2, 0.25) is 0 Å². The van der Waals surface area contributed by atoms with Crippen molar-refractivity contribution in [1.29, 1.82) is 0 Å². The minimum Gasteiger partial charge on any atom is -0.359 e. The van der Waals surface area contributed by atoms with Crippen LogP contribution in [0.1, 0.15) is 12.5 Å². The van der Waals surface area contributed by atoms with E-state index < -0.39 is 18.6 Å². The van der Waals surface area contributed by atoms with Gasteiger partial charge in [-0.25, -0.2) is 4.98 Å². The molecule has 1 atom stereocenters. The first-order valence-electron chi connectivity index (χ1n) is 4.63. The van der Waals surface area contributed by atoms with E-state index in [2.05, 4.69) is 9.72 Å². The Morgan fingerprint density at radius 1 is 1.35 bits per heavy atom. The van der Waals surface area contributed by atoms with Gasteiger partial charge in [0.05, 0.1) is 0 Å². The van der Waals surface area contributed by atoms with Crippen LogP contribution in [0.3, 0.4) is 0 Å². The molecule has 96 valence electrons. The van der Waals surface area contributed by atoms with Gasteiger partial charge in [-0.3, -0.25) is 0 Å². The van der Waals surface area contributed by atoms with Crippen LogP contribution in [0.25, 0.3) is 0 Å². The fourth-order valence-corrected chi connectivity index (χ4v) is 1.28. The fourth-order valence-electron chi connectivity index (χ4n) is 1.16. The predicted molar refractivity (Wildman–Crippen MR) is 55.6 cm³/mol. The van der Waals surface area contributed by atoms with Gasteiger partial charge in [-0.05, 0) is 13.0 Å². The molecule has 7 heteroatoms. The number of hydrogen-bond acceptors (Lipinski definition) is 3. The van der Waals surface area contributed by atoms with Gasteiger partial charge in [0, 0.05) is 18.9 Å². The largest absolute Gasteiger partial charge is 0.421 e. The maximum Gasteiger partial charge on any atom is 0.421 e. The zero-order chi connectivity index (χ0) is 13.1. The third-order valence-electron chi connectivity index (χ3n) is 2.28. The van der Waals surface area contributed by atoms with Crippen molar-refractivity contribution in [1.82, 2.24) is 4.98 Å². The number of hydrogen-bond donors (Lipinski definition) is 0. The summed E-state index contributed by atoms with van der Waals surface area (Å²) in [5.41, 5.74) is -2.60. The Bertz CT molecular complexity index is 369. The minimum absolute atomic E-state index is 0.116. The van der Waals surface area contributed by atoms with E-state index in [1.807, 2.05) is 0 Å². The Labute approximate surface area is 102 Å². The molecule has 0 bridgehead atoms. The van der Waals surface area contributed by atoms with Gasteiger partial charge in [0.25, 0.3) is 0 Å². The molecular formula is C10H11ClF3NO2. The summed E-state index contributed by atoms with van der Waals surface area (Å²) in [6, 6.07) is 2.50. The van der Waals surface area contributed by atoms with Gasteiger partial charge >= 0.3 is 6.18 Å². The molecule has 3 nitrogen and oxygen atoms in total. The van der Waals surface area contributed by atoms with Crippen molar-refractivity contribution in [2.75, 3.05) is 13.9 Å². The van der Waals surface area contributed by atoms with E-state index >= 15 is 0 Å². The van der Waals surface area contributed by atoms with Crippen molar-refractivity contribution in [2.45, 2.75) is 18.7 Å². The molecule has 0 amide bonds. The molecule has 1 rings (SSSR count). The number of nitrogens with zero attached hydrogens (tertiary/aromatic N) is 1. The highest BCUT2D eigenvalue weighted by Crippen LogP contribution is 2.41. The second kappa shape index (κ2) is 5.20. The van der Waals surface area contributed by atoms with Gasteiger partial charge in [-0.1, -0.05) is 17.7 Å². The number of aromatic nitrogens is 1. The van der Waals surface area contributed by atoms with Crippen LogP contribution in [0.15, 0.2) is 18.3 Å². The first kappa shape index (κ1) is 14.2. The average Bonchev–Trinajstić information content (AvgIpc) is 2.25. The van der Waals surface area contributed by atoms with E-state index in [9.17, 15) is 13.2 Å². The third-order valence-corrected chi connectivity index (χ3v) is 2.51. The lowest BCUT2D eigenvalue weighted by Crippen LogP contribution is -2.42. The van der Waals surface area contributed by atoms with Gasteiger partial charge in [-0.15, -0.1) is 0 Å². The van der Waals surface area contributed by atoms with E-state index in [0.29, 0.717) is 0 Å². The van der Waals surface area contributed by atoms with Crippen molar-refractivity contribution >= 4 is 11.6 Å². The summed E-state index contributed by atoms with van der Waals surface area (Å²) >= 11 is 5.52. The molecule has 0 aliphatic rings. The summed E-state index contributed by atoms with van der Waals surface area (Å²) in [5, 5.41) is 0.116. The average molecular weight is 270 g/mol. The van der Waals surface area contributed by atoms with Crippen molar-refractivity contribution < 1.29 is 22.6 Å². The summed E-state index contributed by atoms with van der Waals surface area (Å²) in [5.74, 6) is 0. The Morgan fingerprint density at radius 2 is 2.00 bits per heavy atom. The van der Waals surface area contributed by atoms with Crippen LogP contribution in [0.2, 0.25) is 5.15 Å². The van der Waals surface area contributed by atoms with E-state index in [1.54, 1.807) is 0 Å². The normalized spacial score (nSPS) is 15.6. The first-order chi connectivity index (χ1) is 7.81. The first-order valence-corrected chi connectivity index (χ1v) is 5.00. The highest BCUT2D eigenvalue weighted by atomic mass is 35.5. The maximum atomic E-state index is 13.0. The summed E-state index contributed by atoms with van der Waals surface area (Å²) in [4.78, 5) is 3.61. The second-order valence-electron chi connectivity index (χ2n) is 3.45. The highest BCUT2D eigenvalue weighted by Gasteiger charge is 2.54. The number of methoxy groups -OCH3 is 1. The molecule has 0 aliphatic carbocycles. The van der Waals surface area contributed by atoms with E-state index in [4.69, 9.17) is 16.3 Å². The summed E-state index contributed by atoms with van der Waals surface area (Å²) in [7, 11) is 1.25. The number of pyridine rings is 1. The van der Waals surface area contributed by atoms with Crippen LogP contribution in [0, 0.1) is 0 Å². The predicted octanol–water partition coefficient (Wildman–Crippen LogP) is 3.13. The van der Waals surface area contributed by atoms with Crippen molar-refractivity contribution in [2.24, 2.45) is 0 Å². The molecule has 0 spiro atoms. The number of rotatable bonds is 4. The lowest BCUT2D eigenvalue weighted by Gasteiger charge is -2.31. The molecule has 0 radical (unpaired) electrons. The van der Waals surface area contributed by atoms with E-state index in [0.717, 1.165) is 13.1 Å². The molecular weight excluding hydrogens is 259 g/mol. The fraction of sp³-hybridized carbons (Fsp3) is 0.500. The monoisotopic (exact) mass is 269 g/mol. The lowest BCUT2D eigenvalue weighted by atomic mass is 9.97. The molecule has 0 aliphatic heterocycles.